The van der Waals surface area contributed by atoms with E-state index in [-0.39, 0.29) is 28.1 Å². The van der Waals surface area contributed by atoms with Gasteiger partial charge in [-0.15, -0.1) is 0 Å². The van der Waals surface area contributed by atoms with Gasteiger partial charge >= 0.3 is 0 Å². The first-order valence-corrected chi connectivity index (χ1v) is 13.3. The molecule has 0 aliphatic heterocycles. The summed E-state index contributed by atoms with van der Waals surface area (Å²) in [6.45, 7) is 7.76. The zero-order valence-electron chi connectivity index (χ0n) is 22.5. The Morgan fingerprint density at radius 1 is 0.447 bits per heavy atom. The van der Waals surface area contributed by atoms with E-state index in [0.717, 1.165) is 59.1 Å². The van der Waals surface area contributed by atoms with Crippen molar-refractivity contribution in [2.24, 2.45) is 0 Å². The van der Waals surface area contributed by atoms with Crippen molar-refractivity contribution in [3.05, 3.63) is 117 Å². The summed E-state index contributed by atoms with van der Waals surface area (Å²) < 4.78 is 0. The Labute approximate surface area is 224 Å². The molecule has 1 fully saturated rings. The van der Waals surface area contributed by atoms with Gasteiger partial charge in [0.15, 0.2) is 0 Å². The van der Waals surface area contributed by atoms with E-state index < -0.39 is 0 Å². The zero-order valence-corrected chi connectivity index (χ0v) is 22.5. The maximum absolute atomic E-state index is 10.5. The highest BCUT2D eigenvalue weighted by Gasteiger charge is 2.47. The van der Waals surface area contributed by atoms with Crippen molar-refractivity contribution in [2.75, 3.05) is 0 Å². The van der Waals surface area contributed by atoms with Gasteiger partial charge < -0.3 is 20.4 Å². The van der Waals surface area contributed by atoms with E-state index in [1.807, 2.05) is 52.0 Å². The van der Waals surface area contributed by atoms with Crippen molar-refractivity contribution in [1.29, 1.82) is 0 Å². The molecule has 1 aliphatic carbocycles. The standard InChI is InChI=1S/C34H36O4/c1-21-17-26(7-11-30(21)36)33(25-5-9-29(35)10-6-25)13-15-34(16-14-33,27-8-12-31(37)22(2)18-27)28-19-23(3)32(38)24(4)20-28/h5-12,17-20,35-38H,13-16H2,1-4H3. The Bertz CT molecular complexity index is 1470. The molecule has 0 radical (unpaired) electrons. The monoisotopic (exact) mass is 508 g/mol. The molecule has 0 atom stereocenters. The third kappa shape index (κ3) is 4.18. The second-order valence-corrected chi connectivity index (χ2v) is 11.2. The van der Waals surface area contributed by atoms with Crippen LogP contribution in [0.5, 0.6) is 23.0 Å². The summed E-state index contributed by atoms with van der Waals surface area (Å²) in [6, 6.07) is 23.6. The highest BCUT2D eigenvalue weighted by Crippen LogP contribution is 2.55. The SMILES string of the molecule is Cc1cc(C2(c3ccc(O)cc3)CCC(c3ccc(O)c(C)c3)(c3cc(C)c(O)c(C)c3)CC2)ccc1O. The second-order valence-electron chi connectivity index (χ2n) is 11.2. The highest BCUT2D eigenvalue weighted by atomic mass is 16.3. The van der Waals surface area contributed by atoms with Crippen LogP contribution in [0.15, 0.2) is 72.8 Å². The Morgan fingerprint density at radius 2 is 0.816 bits per heavy atom. The summed E-state index contributed by atoms with van der Waals surface area (Å²) in [5.41, 5.74) is 7.47. The van der Waals surface area contributed by atoms with Gasteiger partial charge in [-0.25, -0.2) is 0 Å². The summed E-state index contributed by atoms with van der Waals surface area (Å²) in [5.74, 6) is 1.15. The molecule has 196 valence electrons. The van der Waals surface area contributed by atoms with E-state index >= 15 is 0 Å². The van der Waals surface area contributed by atoms with Gasteiger partial charge in [0.05, 0.1) is 0 Å². The summed E-state index contributed by atoms with van der Waals surface area (Å²) in [6.07, 6.45) is 3.39. The largest absolute Gasteiger partial charge is 0.508 e. The molecule has 0 spiro atoms. The van der Waals surface area contributed by atoms with E-state index in [1.54, 1.807) is 24.3 Å². The molecular formula is C34H36O4. The highest BCUT2D eigenvalue weighted by molar-refractivity contribution is 5.53. The quantitative estimate of drug-likeness (QED) is 0.229. The maximum Gasteiger partial charge on any atom is 0.121 e. The van der Waals surface area contributed by atoms with Crippen LogP contribution in [-0.4, -0.2) is 20.4 Å². The molecule has 0 aromatic heterocycles. The minimum Gasteiger partial charge on any atom is -0.508 e. The van der Waals surface area contributed by atoms with Gasteiger partial charge in [0, 0.05) is 10.8 Å². The predicted octanol–water partition coefficient (Wildman–Crippen LogP) is 7.59. The average molecular weight is 509 g/mol. The van der Waals surface area contributed by atoms with Crippen LogP contribution >= 0.6 is 0 Å². The fourth-order valence-corrected chi connectivity index (χ4v) is 6.51. The van der Waals surface area contributed by atoms with E-state index in [4.69, 9.17) is 0 Å². The summed E-state index contributed by atoms with van der Waals surface area (Å²) in [7, 11) is 0. The minimum absolute atomic E-state index is 0.241. The van der Waals surface area contributed by atoms with Crippen molar-refractivity contribution >= 4 is 0 Å². The van der Waals surface area contributed by atoms with Gasteiger partial charge in [0.25, 0.3) is 0 Å². The lowest BCUT2D eigenvalue weighted by Gasteiger charge is -2.48. The summed E-state index contributed by atoms with van der Waals surface area (Å²) >= 11 is 0. The lowest BCUT2D eigenvalue weighted by atomic mass is 9.55. The van der Waals surface area contributed by atoms with Gasteiger partial charge in [-0.2, -0.15) is 0 Å². The van der Waals surface area contributed by atoms with Crippen molar-refractivity contribution in [3.8, 4) is 23.0 Å². The first-order valence-electron chi connectivity index (χ1n) is 13.3. The van der Waals surface area contributed by atoms with Crippen LogP contribution < -0.4 is 0 Å². The number of hydrogen-bond donors (Lipinski definition) is 4. The Morgan fingerprint density at radius 3 is 1.24 bits per heavy atom. The molecule has 4 aromatic rings. The number of benzene rings is 4. The molecule has 0 saturated heterocycles. The number of phenolic OH excluding ortho intramolecular Hbond substituents is 4. The maximum atomic E-state index is 10.5. The van der Waals surface area contributed by atoms with Gasteiger partial charge in [-0.05, 0) is 122 Å². The van der Waals surface area contributed by atoms with Gasteiger partial charge in [-0.1, -0.05) is 48.5 Å². The molecule has 4 heteroatoms. The molecule has 0 heterocycles. The number of hydrogen-bond acceptors (Lipinski definition) is 4. The smallest absolute Gasteiger partial charge is 0.121 e. The topological polar surface area (TPSA) is 80.9 Å². The van der Waals surface area contributed by atoms with Gasteiger partial charge in [0.2, 0.25) is 0 Å². The van der Waals surface area contributed by atoms with Gasteiger partial charge in [0.1, 0.15) is 23.0 Å². The number of aromatic hydroxyl groups is 4. The molecule has 4 N–H and O–H groups in total. The summed E-state index contributed by atoms with van der Waals surface area (Å²) in [5, 5.41) is 41.1. The predicted molar refractivity (Wildman–Crippen MR) is 151 cm³/mol. The molecule has 0 amide bonds. The molecule has 1 aliphatic rings. The Kier molecular flexibility index (Phi) is 6.38. The average Bonchev–Trinajstić information content (AvgIpc) is 2.90. The fraction of sp³-hybridized carbons (Fsp3) is 0.294. The molecule has 1 saturated carbocycles. The van der Waals surface area contributed by atoms with Crippen LogP contribution in [0.3, 0.4) is 0 Å². The van der Waals surface area contributed by atoms with E-state index in [0.29, 0.717) is 5.75 Å². The van der Waals surface area contributed by atoms with Crippen LogP contribution in [0.1, 0.15) is 70.2 Å². The lowest BCUT2D eigenvalue weighted by Crippen LogP contribution is -2.41. The first kappa shape index (κ1) is 25.7. The van der Waals surface area contributed by atoms with Crippen LogP contribution in [-0.2, 0) is 10.8 Å². The molecule has 4 nitrogen and oxygen atoms in total. The van der Waals surface area contributed by atoms with Crippen LogP contribution in [0.25, 0.3) is 0 Å². The van der Waals surface area contributed by atoms with E-state index in [9.17, 15) is 20.4 Å². The molecule has 5 rings (SSSR count). The normalized spacial score (nSPS) is 21.4. The lowest BCUT2D eigenvalue weighted by molar-refractivity contribution is 0.256. The van der Waals surface area contributed by atoms with Crippen LogP contribution in [0.4, 0.5) is 0 Å². The molecule has 4 aromatic carbocycles. The van der Waals surface area contributed by atoms with Crippen molar-refractivity contribution < 1.29 is 20.4 Å². The zero-order chi connectivity index (χ0) is 27.2. The third-order valence-corrected chi connectivity index (χ3v) is 8.92. The molecule has 0 bridgehead atoms. The van der Waals surface area contributed by atoms with E-state index in [2.05, 4.69) is 24.3 Å². The Hall–Kier alpha value is -3.92. The van der Waals surface area contributed by atoms with Crippen LogP contribution in [0.2, 0.25) is 0 Å². The first-order chi connectivity index (χ1) is 18.1. The number of aryl methyl sites for hydroxylation is 4. The fourth-order valence-electron chi connectivity index (χ4n) is 6.51. The number of rotatable bonds is 4. The molecular weight excluding hydrogens is 472 g/mol. The molecule has 38 heavy (non-hydrogen) atoms. The minimum atomic E-state index is -0.298. The molecule has 0 unspecified atom stereocenters. The van der Waals surface area contributed by atoms with Gasteiger partial charge in [-0.3, -0.25) is 0 Å². The van der Waals surface area contributed by atoms with Crippen LogP contribution in [0, 0.1) is 27.7 Å². The Balaban J connectivity index is 1.68. The third-order valence-electron chi connectivity index (χ3n) is 8.92. The van der Waals surface area contributed by atoms with E-state index in [1.165, 1.54) is 11.1 Å². The van der Waals surface area contributed by atoms with Crippen molar-refractivity contribution in [3.63, 3.8) is 0 Å². The number of phenols is 4. The van der Waals surface area contributed by atoms with Crippen molar-refractivity contribution in [2.45, 2.75) is 64.2 Å². The van der Waals surface area contributed by atoms with Crippen molar-refractivity contribution in [1.82, 2.24) is 0 Å². The second kappa shape index (κ2) is 9.43. The summed E-state index contributed by atoms with van der Waals surface area (Å²) in [4.78, 5) is 0.